The zero-order valence-corrected chi connectivity index (χ0v) is 34.2. The van der Waals surface area contributed by atoms with Crippen molar-refractivity contribution in [3.8, 4) is 11.5 Å². The molecule has 4 aromatic heterocycles. The SMILES string of the molecule is C[C@@]1(CO)Cc2cc(NC(=O)c3cnn4cccnc34)c(N3C[C@H]4C[C@@H]3CO4)cc2O1.C[C@]1(CO)Cc2cc(NC(=O)c3cnn4cccnc34)c(N3C[C@H]4C[C@@H]3CO4)cc2O1. The van der Waals surface area contributed by atoms with Crippen LogP contribution >= 0.6 is 0 Å². The number of ether oxygens (including phenoxy) is 4. The number of hydrogen-bond acceptors (Lipinski definition) is 14. The van der Waals surface area contributed by atoms with Gasteiger partial charge in [-0.05, 0) is 51.0 Å². The van der Waals surface area contributed by atoms with E-state index in [0.717, 1.165) is 71.3 Å². The number of hydrogen-bond donors (Lipinski definition) is 4. The van der Waals surface area contributed by atoms with Crippen LogP contribution in [0.3, 0.4) is 0 Å². The number of carbonyl (C=O) groups is 2. The van der Waals surface area contributed by atoms with Gasteiger partial charge in [0.15, 0.2) is 11.3 Å². The molecule has 6 aliphatic heterocycles. The van der Waals surface area contributed by atoms with Gasteiger partial charge in [-0.25, -0.2) is 19.0 Å². The Labute approximate surface area is 355 Å². The highest BCUT2D eigenvalue weighted by atomic mass is 16.5. The van der Waals surface area contributed by atoms with E-state index in [1.807, 2.05) is 38.1 Å². The van der Waals surface area contributed by atoms with E-state index in [1.54, 1.807) is 46.0 Å². The van der Waals surface area contributed by atoms with Crippen LogP contribution in [0.2, 0.25) is 0 Å². The zero-order chi connectivity index (χ0) is 42.3. The third kappa shape index (κ3) is 6.64. The van der Waals surface area contributed by atoms with Gasteiger partial charge >= 0.3 is 0 Å². The van der Waals surface area contributed by atoms with Gasteiger partial charge in [-0.1, -0.05) is 0 Å². The van der Waals surface area contributed by atoms with E-state index in [0.29, 0.717) is 48.5 Å². The summed E-state index contributed by atoms with van der Waals surface area (Å²) in [7, 11) is 0. The molecule has 2 aromatic carbocycles. The van der Waals surface area contributed by atoms with Gasteiger partial charge in [-0.3, -0.25) is 9.59 Å². The molecular formula is C44H46N10O8. The number of anilines is 4. The second-order valence-electron chi connectivity index (χ2n) is 17.5. The van der Waals surface area contributed by atoms with Crippen LogP contribution in [-0.2, 0) is 22.3 Å². The average molecular weight is 843 g/mol. The number of nitrogens with one attached hydrogen (secondary N) is 2. The van der Waals surface area contributed by atoms with E-state index in [9.17, 15) is 19.8 Å². The van der Waals surface area contributed by atoms with Gasteiger partial charge in [0.2, 0.25) is 0 Å². The number of aromatic nitrogens is 6. The molecule has 10 heterocycles. The topological polar surface area (TPSA) is 202 Å². The van der Waals surface area contributed by atoms with Crippen LogP contribution < -0.4 is 29.9 Å². The molecule has 0 unspecified atom stereocenters. The fourth-order valence-electron chi connectivity index (χ4n) is 9.70. The molecule has 6 atom stereocenters. The third-order valence-electron chi connectivity index (χ3n) is 12.8. The minimum absolute atomic E-state index is 0.0744. The van der Waals surface area contributed by atoms with Crippen molar-refractivity contribution in [1.82, 2.24) is 29.2 Å². The molecule has 6 aliphatic rings. The molecule has 6 aromatic rings. The number of amides is 2. The number of carbonyl (C=O) groups excluding carboxylic acids is 2. The maximum atomic E-state index is 13.2. The summed E-state index contributed by atoms with van der Waals surface area (Å²) in [5, 5.41) is 34.1. The highest BCUT2D eigenvalue weighted by molar-refractivity contribution is 6.10. The summed E-state index contributed by atoms with van der Waals surface area (Å²) in [6.45, 7) is 6.56. The second-order valence-corrected chi connectivity index (χ2v) is 17.5. The van der Waals surface area contributed by atoms with Crippen LogP contribution in [-0.4, -0.2) is 126 Å². The lowest BCUT2D eigenvalue weighted by Gasteiger charge is -2.31. The molecule has 4 N–H and O–H groups in total. The van der Waals surface area contributed by atoms with Gasteiger partial charge < -0.3 is 49.6 Å². The van der Waals surface area contributed by atoms with Crippen molar-refractivity contribution in [2.45, 2.75) is 75.0 Å². The zero-order valence-electron chi connectivity index (χ0n) is 34.2. The Hall–Kier alpha value is -6.34. The minimum atomic E-state index is -0.651. The largest absolute Gasteiger partial charge is 0.484 e. The summed E-state index contributed by atoms with van der Waals surface area (Å²) >= 11 is 0. The number of aliphatic hydroxyl groups excluding tert-OH is 2. The molecule has 320 valence electrons. The molecular weight excluding hydrogens is 797 g/mol. The van der Waals surface area contributed by atoms with Crippen molar-refractivity contribution in [2.24, 2.45) is 0 Å². The van der Waals surface area contributed by atoms with E-state index in [4.69, 9.17) is 18.9 Å². The van der Waals surface area contributed by atoms with Gasteiger partial charge in [-0.2, -0.15) is 10.2 Å². The van der Waals surface area contributed by atoms with Crippen molar-refractivity contribution < 1.29 is 38.7 Å². The Morgan fingerprint density at radius 3 is 1.55 bits per heavy atom. The molecule has 62 heavy (non-hydrogen) atoms. The molecule has 4 fully saturated rings. The highest BCUT2D eigenvalue weighted by Gasteiger charge is 2.43. The van der Waals surface area contributed by atoms with E-state index in [-0.39, 0.29) is 49.3 Å². The standard InChI is InChI=1S/2C22H23N5O4/c2*1-22(12-28)8-13-5-17(25-21(29)16-9-24-27-4-2-3-23-20(16)27)18(7-19(13)31-22)26-10-15-6-14(26)11-30-15/h2*2-5,7,9,14-15,28H,6,8,10-12H2,1H3,(H,25,29)/t14-,15-,22+;14-,15-,22-/m11/s1. The molecule has 4 saturated heterocycles. The normalized spacial score (nSPS) is 26.3. The van der Waals surface area contributed by atoms with Gasteiger partial charge in [-0.15, -0.1) is 0 Å². The molecule has 0 radical (unpaired) electrons. The summed E-state index contributed by atoms with van der Waals surface area (Å²) < 4.78 is 26.8. The average Bonchev–Trinajstić information content (AvgIpc) is 4.15. The quantitative estimate of drug-likeness (QED) is 0.174. The summed E-state index contributed by atoms with van der Waals surface area (Å²) in [6, 6.07) is 12.0. The summed E-state index contributed by atoms with van der Waals surface area (Å²) in [6.07, 6.45) is 13.4. The van der Waals surface area contributed by atoms with Gasteiger partial charge in [0.1, 0.15) is 33.8 Å². The monoisotopic (exact) mass is 842 g/mol. The lowest BCUT2D eigenvalue weighted by atomic mass is 9.99. The maximum absolute atomic E-state index is 13.2. The van der Waals surface area contributed by atoms with E-state index in [2.05, 4.69) is 40.6 Å². The Balaban J connectivity index is 0.000000139. The third-order valence-corrected chi connectivity index (χ3v) is 12.8. The van der Waals surface area contributed by atoms with Crippen molar-refractivity contribution in [3.05, 3.63) is 95.8 Å². The Kier molecular flexibility index (Phi) is 9.11. The van der Waals surface area contributed by atoms with Crippen molar-refractivity contribution >= 4 is 45.9 Å². The van der Waals surface area contributed by atoms with Gasteiger partial charge in [0.25, 0.3) is 11.8 Å². The lowest BCUT2D eigenvalue weighted by molar-refractivity contribution is 0.0446. The fraction of sp³-hybridized carbons (Fsp3) is 0.409. The number of nitrogens with zero attached hydrogens (tertiary/aromatic N) is 8. The molecule has 2 amide bonds. The van der Waals surface area contributed by atoms with Crippen molar-refractivity contribution in [2.75, 3.05) is 60.0 Å². The van der Waals surface area contributed by atoms with E-state index in [1.165, 1.54) is 12.4 Å². The van der Waals surface area contributed by atoms with Crippen LogP contribution in [0.5, 0.6) is 11.5 Å². The predicted octanol–water partition coefficient (Wildman–Crippen LogP) is 3.29. The molecule has 18 heteroatoms. The number of fused-ring (bicyclic) bond motifs is 8. The summed E-state index contributed by atoms with van der Waals surface area (Å²) in [4.78, 5) is 39.5. The Morgan fingerprint density at radius 1 is 0.710 bits per heavy atom. The molecule has 0 spiro atoms. The molecule has 12 rings (SSSR count). The van der Waals surface area contributed by atoms with Crippen LogP contribution in [0.4, 0.5) is 22.7 Å². The lowest BCUT2D eigenvalue weighted by Crippen LogP contribution is -2.37. The first-order chi connectivity index (χ1) is 30.1. The summed E-state index contributed by atoms with van der Waals surface area (Å²) in [5.74, 6) is 0.982. The number of rotatable bonds is 8. The first-order valence-corrected chi connectivity index (χ1v) is 21.0. The van der Waals surface area contributed by atoms with E-state index < -0.39 is 11.2 Å². The number of aliphatic hydroxyl groups is 2. The van der Waals surface area contributed by atoms with Crippen LogP contribution in [0.15, 0.2) is 73.6 Å². The molecule has 18 nitrogen and oxygen atoms in total. The van der Waals surface area contributed by atoms with Crippen LogP contribution in [0.1, 0.15) is 58.5 Å². The van der Waals surface area contributed by atoms with Crippen LogP contribution in [0.25, 0.3) is 11.3 Å². The number of morpholine rings is 2. The smallest absolute Gasteiger partial charge is 0.261 e. The van der Waals surface area contributed by atoms with E-state index >= 15 is 0 Å². The Morgan fingerprint density at radius 2 is 1.16 bits per heavy atom. The first-order valence-electron chi connectivity index (χ1n) is 21.0. The molecule has 4 bridgehead atoms. The predicted molar refractivity (Wildman–Crippen MR) is 225 cm³/mol. The maximum Gasteiger partial charge on any atom is 0.261 e. The highest BCUT2D eigenvalue weighted by Crippen LogP contribution is 2.46. The van der Waals surface area contributed by atoms with Crippen molar-refractivity contribution in [1.29, 1.82) is 0 Å². The number of benzene rings is 2. The first kappa shape index (κ1) is 38.6. The second kappa shape index (κ2) is 14.6. The molecule has 0 saturated carbocycles. The fourth-order valence-corrected chi connectivity index (χ4v) is 9.70. The van der Waals surface area contributed by atoms with Crippen molar-refractivity contribution in [3.63, 3.8) is 0 Å². The van der Waals surface area contributed by atoms with Gasteiger partial charge in [0.05, 0.1) is 85.9 Å². The van der Waals surface area contributed by atoms with Gasteiger partial charge in [0, 0.05) is 74.0 Å². The molecule has 0 aliphatic carbocycles. The van der Waals surface area contributed by atoms with Crippen LogP contribution in [0, 0.1) is 0 Å². The Bertz CT molecular complexity index is 2570. The minimum Gasteiger partial charge on any atom is -0.484 e. The summed E-state index contributed by atoms with van der Waals surface area (Å²) in [5.41, 5.74) is 5.73.